The van der Waals surface area contributed by atoms with Gasteiger partial charge in [0.1, 0.15) is 12.4 Å². The number of rotatable bonds is 8. The molecule has 0 aliphatic heterocycles. The maximum Gasteiger partial charge on any atom is 0.305 e. The third-order valence-electron chi connectivity index (χ3n) is 2.59. The number of furan rings is 1. The quantitative estimate of drug-likeness (QED) is 0.740. The van der Waals surface area contributed by atoms with Crippen molar-refractivity contribution in [1.29, 1.82) is 0 Å². The van der Waals surface area contributed by atoms with E-state index in [9.17, 15) is 9.59 Å². The van der Waals surface area contributed by atoms with Crippen LogP contribution in [0.3, 0.4) is 0 Å². The fourth-order valence-corrected chi connectivity index (χ4v) is 1.84. The Morgan fingerprint density at radius 1 is 1.35 bits per heavy atom. The first-order valence-corrected chi connectivity index (χ1v) is 6.01. The highest BCUT2D eigenvalue weighted by atomic mass is 16.5. The molecule has 7 nitrogen and oxygen atoms in total. The fourth-order valence-electron chi connectivity index (χ4n) is 1.84. The summed E-state index contributed by atoms with van der Waals surface area (Å²) in [4.78, 5) is 22.9. The van der Waals surface area contributed by atoms with Gasteiger partial charge in [-0.05, 0) is 19.1 Å². The molecule has 0 spiro atoms. The number of carboxylic acids is 1. The summed E-state index contributed by atoms with van der Waals surface area (Å²) in [6.45, 7) is 1.94. The predicted molar refractivity (Wildman–Crippen MR) is 69.4 cm³/mol. The highest BCUT2D eigenvalue weighted by Crippen LogP contribution is 2.14. The van der Waals surface area contributed by atoms with Crippen molar-refractivity contribution in [2.24, 2.45) is 0 Å². The lowest BCUT2D eigenvalue weighted by atomic mass is 9.99. The summed E-state index contributed by atoms with van der Waals surface area (Å²) in [5.74, 6) is -0.897. The third kappa shape index (κ3) is 4.67. The zero-order valence-electron chi connectivity index (χ0n) is 11.8. The van der Waals surface area contributed by atoms with Crippen molar-refractivity contribution in [2.45, 2.75) is 25.5 Å². The minimum Gasteiger partial charge on any atom is -0.481 e. The van der Waals surface area contributed by atoms with Gasteiger partial charge in [0.05, 0.1) is 18.6 Å². The summed E-state index contributed by atoms with van der Waals surface area (Å²) >= 11 is 0. The van der Waals surface area contributed by atoms with Crippen LogP contribution in [0.5, 0.6) is 0 Å². The molecule has 1 unspecified atom stereocenters. The van der Waals surface area contributed by atoms with Crippen LogP contribution in [0.15, 0.2) is 16.5 Å². The van der Waals surface area contributed by atoms with E-state index in [4.69, 9.17) is 19.0 Å². The molecule has 20 heavy (non-hydrogen) atoms. The highest BCUT2D eigenvalue weighted by Gasteiger charge is 2.30. The summed E-state index contributed by atoms with van der Waals surface area (Å²) < 4.78 is 15.1. The lowest BCUT2D eigenvalue weighted by Crippen LogP contribution is -2.50. The summed E-state index contributed by atoms with van der Waals surface area (Å²) in [5.41, 5.74) is -1.01. The molecule has 1 atom stereocenters. The Morgan fingerprint density at radius 3 is 2.60 bits per heavy atom. The van der Waals surface area contributed by atoms with Crippen molar-refractivity contribution in [3.63, 3.8) is 0 Å². The van der Waals surface area contributed by atoms with Gasteiger partial charge in [0.15, 0.2) is 5.76 Å². The van der Waals surface area contributed by atoms with Gasteiger partial charge in [-0.3, -0.25) is 9.59 Å². The number of nitrogens with one attached hydrogen (secondary N) is 1. The van der Waals surface area contributed by atoms with Gasteiger partial charge in [-0.25, -0.2) is 0 Å². The van der Waals surface area contributed by atoms with Crippen LogP contribution in [-0.4, -0.2) is 43.3 Å². The molecule has 0 saturated heterocycles. The van der Waals surface area contributed by atoms with Gasteiger partial charge < -0.3 is 24.3 Å². The molecule has 0 fully saturated rings. The summed E-state index contributed by atoms with van der Waals surface area (Å²) in [6, 6.07) is 3.14. The van der Waals surface area contributed by atoms with E-state index in [-0.39, 0.29) is 25.4 Å². The first-order chi connectivity index (χ1) is 9.40. The lowest BCUT2D eigenvalue weighted by molar-refractivity contribution is -0.139. The second-order valence-corrected chi connectivity index (χ2v) is 4.72. The minimum atomic E-state index is -1.02. The summed E-state index contributed by atoms with van der Waals surface area (Å²) in [5, 5.41) is 11.5. The number of hydrogen-bond donors (Lipinski definition) is 2. The number of aliphatic carboxylic acids is 1. The maximum atomic E-state index is 12.0. The molecule has 1 heterocycles. The van der Waals surface area contributed by atoms with Crippen molar-refractivity contribution in [3.8, 4) is 0 Å². The molecule has 0 aromatic carbocycles. The van der Waals surface area contributed by atoms with Crippen LogP contribution in [0, 0.1) is 0 Å². The number of methoxy groups -OCH3 is 2. The fraction of sp³-hybridized carbons (Fsp3) is 0.538. The molecule has 0 aliphatic rings. The molecule has 0 bridgehead atoms. The predicted octanol–water partition coefficient (Wildman–Crippen LogP) is 1.04. The van der Waals surface area contributed by atoms with Gasteiger partial charge in [-0.1, -0.05) is 0 Å². The average Bonchev–Trinajstić information content (AvgIpc) is 2.76. The number of carboxylic acid groups (broad SMARTS) is 1. The number of carbonyl (C=O) groups excluding carboxylic acids is 1. The van der Waals surface area contributed by atoms with Crippen molar-refractivity contribution in [2.75, 3.05) is 20.8 Å². The third-order valence-corrected chi connectivity index (χ3v) is 2.59. The van der Waals surface area contributed by atoms with E-state index in [1.54, 1.807) is 13.0 Å². The van der Waals surface area contributed by atoms with E-state index >= 15 is 0 Å². The summed E-state index contributed by atoms with van der Waals surface area (Å²) in [7, 11) is 2.96. The second kappa shape index (κ2) is 7.06. The first-order valence-electron chi connectivity index (χ1n) is 6.01. The maximum absolute atomic E-state index is 12.0. The number of carbonyl (C=O) groups is 2. The Bertz CT molecular complexity index is 469. The SMILES string of the molecule is COCc1ccc(C(=O)NC(C)(COC)CC(=O)O)o1. The highest BCUT2D eigenvalue weighted by molar-refractivity contribution is 5.92. The lowest BCUT2D eigenvalue weighted by Gasteiger charge is -2.27. The Labute approximate surface area is 116 Å². The average molecular weight is 285 g/mol. The van der Waals surface area contributed by atoms with E-state index in [1.807, 2.05) is 0 Å². The monoisotopic (exact) mass is 285 g/mol. The van der Waals surface area contributed by atoms with Gasteiger partial charge >= 0.3 is 5.97 Å². The van der Waals surface area contributed by atoms with Crippen molar-refractivity contribution in [3.05, 3.63) is 23.7 Å². The number of ether oxygens (including phenoxy) is 2. The van der Waals surface area contributed by atoms with Crippen LogP contribution in [0.2, 0.25) is 0 Å². The molecular formula is C13H19NO6. The van der Waals surface area contributed by atoms with Crippen LogP contribution in [-0.2, 0) is 20.9 Å². The molecule has 1 aromatic rings. The van der Waals surface area contributed by atoms with E-state index in [0.717, 1.165) is 0 Å². The molecule has 0 aliphatic carbocycles. The molecule has 0 radical (unpaired) electrons. The molecule has 1 aromatic heterocycles. The Morgan fingerprint density at radius 2 is 2.05 bits per heavy atom. The standard InChI is InChI=1S/C13H19NO6/c1-13(8-19-3,6-11(15)16)14-12(17)10-5-4-9(20-10)7-18-2/h4-5H,6-8H2,1-3H3,(H,14,17)(H,15,16). The molecule has 7 heteroatoms. The Balaban J connectivity index is 2.76. The van der Waals surface area contributed by atoms with Gasteiger partial charge in [0.25, 0.3) is 5.91 Å². The van der Waals surface area contributed by atoms with Gasteiger partial charge in [0.2, 0.25) is 0 Å². The Hall–Kier alpha value is -1.86. The van der Waals surface area contributed by atoms with Gasteiger partial charge in [0, 0.05) is 14.2 Å². The molecular weight excluding hydrogens is 266 g/mol. The normalized spacial score (nSPS) is 13.8. The minimum absolute atomic E-state index is 0.0800. The summed E-state index contributed by atoms with van der Waals surface area (Å²) in [6.07, 6.45) is -0.252. The number of amides is 1. The molecule has 1 rings (SSSR count). The van der Waals surface area contributed by atoms with Gasteiger partial charge in [-0.2, -0.15) is 0 Å². The molecule has 2 N–H and O–H groups in total. The molecule has 0 saturated carbocycles. The smallest absolute Gasteiger partial charge is 0.305 e. The largest absolute Gasteiger partial charge is 0.481 e. The van der Waals surface area contributed by atoms with E-state index < -0.39 is 17.4 Å². The van der Waals surface area contributed by atoms with E-state index in [2.05, 4.69) is 5.32 Å². The van der Waals surface area contributed by atoms with Crippen LogP contribution in [0.1, 0.15) is 29.7 Å². The number of hydrogen-bond acceptors (Lipinski definition) is 5. The topological polar surface area (TPSA) is 98.0 Å². The van der Waals surface area contributed by atoms with Crippen LogP contribution < -0.4 is 5.32 Å². The molecule has 1 amide bonds. The second-order valence-electron chi connectivity index (χ2n) is 4.72. The zero-order valence-corrected chi connectivity index (χ0v) is 11.8. The molecule has 112 valence electrons. The van der Waals surface area contributed by atoms with E-state index in [0.29, 0.717) is 5.76 Å². The van der Waals surface area contributed by atoms with Crippen LogP contribution in [0.4, 0.5) is 0 Å². The van der Waals surface area contributed by atoms with Crippen molar-refractivity contribution < 1.29 is 28.6 Å². The van der Waals surface area contributed by atoms with E-state index in [1.165, 1.54) is 20.3 Å². The van der Waals surface area contributed by atoms with Gasteiger partial charge in [-0.15, -0.1) is 0 Å². The first kappa shape index (κ1) is 16.2. The van der Waals surface area contributed by atoms with Crippen LogP contribution >= 0.6 is 0 Å². The van der Waals surface area contributed by atoms with Crippen LogP contribution in [0.25, 0.3) is 0 Å². The van der Waals surface area contributed by atoms with Crippen molar-refractivity contribution >= 4 is 11.9 Å². The Kier molecular flexibility index (Phi) is 5.72. The van der Waals surface area contributed by atoms with Crippen molar-refractivity contribution in [1.82, 2.24) is 5.32 Å². The zero-order chi connectivity index (χ0) is 15.2.